The van der Waals surface area contributed by atoms with E-state index in [1.165, 1.54) is 4.90 Å². The van der Waals surface area contributed by atoms with Gasteiger partial charge >= 0.3 is 12.1 Å². The summed E-state index contributed by atoms with van der Waals surface area (Å²) >= 11 is 0. The lowest BCUT2D eigenvalue weighted by Gasteiger charge is -2.38. The van der Waals surface area contributed by atoms with Crippen LogP contribution >= 0.6 is 0 Å². The maximum Gasteiger partial charge on any atom is 0.408 e. The van der Waals surface area contributed by atoms with Gasteiger partial charge in [0.1, 0.15) is 29.3 Å². The van der Waals surface area contributed by atoms with Gasteiger partial charge in [0.15, 0.2) is 0 Å². The summed E-state index contributed by atoms with van der Waals surface area (Å²) in [5.41, 5.74) is 0.971. The van der Waals surface area contributed by atoms with Crippen molar-refractivity contribution in [3.8, 4) is 0 Å². The lowest BCUT2D eigenvalue weighted by atomic mass is 9.96. The van der Waals surface area contributed by atoms with Gasteiger partial charge in [-0.2, -0.15) is 0 Å². The van der Waals surface area contributed by atoms with Gasteiger partial charge in [0, 0.05) is 12.5 Å². The summed E-state index contributed by atoms with van der Waals surface area (Å²) in [4.78, 5) is 56.7. The summed E-state index contributed by atoms with van der Waals surface area (Å²) < 4.78 is 11.2. The number of nitrogens with one attached hydrogen (secondary N) is 2. The molecule has 2 rings (SSSR count). The molecule has 3 unspecified atom stereocenters. The summed E-state index contributed by atoms with van der Waals surface area (Å²) in [5.74, 6) is -1.47. The van der Waals surface area contributed by atoms with E-state index in [0.29, 0.717) is 12.0 Å². The molecule has 9 heteroatoms. The Morgan fingerprint density at radius 1 is 0.739 bits per heavy atom. The molecule has 0 saturated heterocycles. The van der Waals surface area contributed by atoms with Gasteiger partial charge in [-0.3, -0.25) is 9.59 Å². The quantitative estimate of drug-likeness (QED) is 0.241. The van der Waals surface area contributed by atoms with Crippen LogP contribution in [0.3, 0.4) is 0 Å². The van der Waals surface area contributed by atoms with Crippen LogP contribution in [-0.2, 0) is 36.7 Å². The van der Waals surface area contributed by atoms with Crippen LogP contribution in [0.1, 0.15) is 105 Å². The van der Waals surface area contributed by atoms with Gasteiger partial charge in [0.2, 0.25) is 11.8 Å². The third-order valence-corrected chi connectivity index (χ3v) is 7.03. The first kappa shape index (κ1) is 38.3. The number of carbonyl (C=O) groups excluding carboxylic acids is 4. The molecular formula is C37H55N3O6. The monoisotopic (exact) mass is 637 g/mol. The predicted molar refractivity (Wildman–Crippen MR) is 181 cm³/mol. The average Bonchev–Trinajstić information content (AvgIpc) is 2.93. The molecule has 0 aliphatic rings. The molecule has 0 aliphatic heterocycles. The van der Waals surface area contributed by atoms with E-state index in [1.54, 1.807) is 41.5 Å². The topological polar surface area (TPSA) is 114 Å². The first-order valence-corrected chi connectivity index (χ1v) is 16.3. The molecule has 0 spiro atoms. The highest BCUT2D eigenvalue weighted by Gasteiger charge is 2.39. The van der Waals surface area contributed by atoms with E-state index >= 15 is 0 Å². The van der Waals surface area contributed by atoms with Crippen LogP contribution in [0.15, 0.2) is 54.6 Å². The lowest BCUT2D eigenvalue weighted by Crippen LogP contribution is -2.57. The number of aryl methyl sites for hydroxylation is 1. The molecule has 9 nitrogen and oxygen atoms in total. The van der Waals surface area contributed by atoms with Crippen molar-refractivity contribution in [2.75, 3.05) is 0 Å². The number of carbonyl (C=O) groups is 4. The fourth-order valence-corrected chi connectivity index (χ4v) is 5.04. The van der Waals surface area contributed by atoms with Gasteiger partial charge in [0.05, 0.1) is 0 Å². The molecule has 0 bridgehead atoms. The molecule has 3 atom stereocenters. The minimum atomic E-state index is -1.10. The smallest absolute Gasteiger partial charge is 0.408 e. The molecular weight excluding hydrogens is 582 g/mol. The van der Waals surface area contributed by atoms with Gasteiger partial charge in [0.25, 0.3) is 0 Å². The van der Waals surface area contributed by atoms with Crippen molar-refractivity contribution in [2.45, 2.75) is 131 Å². The molecule has 254 valence electrons. The second-order valence-corrected chi connectivity index (χ2v) is 14.4. The summed E-state index contributed by atoms with van der Waals surface area (Å²) in [6.07, 6.45) is 0.627. The predicted octanol–water partition coefficient (Wildman–Crippen LogP) is 6.54. The van der Waals surface area contributed by atoms with Crippen LogP contribution in [0.2, 0.25) is 0 Å². The fourth-order valence-electron chi connectivity index (χ4n) is 5.04. The fraction of sp³-hybridized carbons (Fsp3) is 0.568. The highest BCUT2D eigenvalue weighted by atomic mass is 16.6. The molecule has 2 N–H and O–H groups in total. The average molecular weight is 638 g/mol. The Labute approximate surface area is 275 Å². The normalized spacial score (nSPS) is 13.8. The van der Waals surface area contributed by atoms with Crippen molar-refractivity contribution >= 4 is 23.9 Å². The highest BCUT2D eigenvalue weighted by Crippen LogP contribution is 2.27. The number of alkyl carbamates (subject to hydrolysis) is 1. The van der Waals surface area contributed by atoms with Crippen molar-refractivity contribution < 1.29 is 28.7 Å². The zero-order valence-electron chi connectivity index (χ0n) is 29.6. The Hall–Kier alpha value is -3.88. The number of nitrogens with zero attached hydrogens (tertiary/aromatic N) is 1. The number of benzene rings is 2. The van der Waals surface area contributed by atoms with Crippen molar-refractivity contribution in [3.05, 3.63) is 71.3 Å². The zero-order valence-corrected chi connectivity index (χ0v) is 29.6. The van der Waals surface area contributed by atoms with Crippen molar-refractivity contribution in [1.29, 1.82) is 0 Å². The minimum Gasteiger partial charge on any atom is -0.458 e. The number of amides is 3. The van der Waals surface area contributed by atoms with E-state index in [1.807, 2.05) is 89.2 Å². The van der Waals surface area contributed by atoms with Gasteiger partial charge < -0.3 is 25.0 Å². The standard InChI is InChI=1S/C37H55N3O6/c1-12-26-18-20-28(21-19-26)31(32(41)38-30(34(43)45-36(6,7)8)23-27-16-14-13-15-17-27)40(25(4)5)33(42)29(22-24(2)3)39-35(44)46-37(9,10)11/h13-21,24-25,29-31H,12,22-23H2,1-11H3,(H,38,41)(H,39,44). The van der Waals surface area contributed by atoms with Gasteiger partial charge in [-0.15, -0.1) is 0 Å². The SMILES string of the molecule is CCc1ccc(C(C(=O)NC(Cc2ccccc2)C(=O)OC(C)(C)C)N(C(=O)C(CC(C)C)NC(=O)OC(C)(C)C)C(C)C)cc1. The van der Waals surface area contributed by atoms with E-state index in [9.17, 15) is 19.2 Å². The first-order chi connectivity index (χ1) is 21.3. The third kappa shape index (κ3) is 12.5. The van der Waals surface area contributed by atoms with Crippen molar-refractivity contribution in [2.24, 2.45) is 5.92 Å². The Bertz CT molecular complexity index is 1290. The molecule has 0 aromatic heterocycles. The maximum absolute atomic E-state index is 14.4. The second-order valence-electron chi connectivity index (χ2n) is 14.4. The second kappa shape index (κ2) is 16.6. The van der Waals surface area contributed by atoms with E-state index in [4.69, 9.17) is 9.47 Å². The molecule has 2 aromatic carbocycles. The number of hydrogen-bond acceptors (Lipinski definition) is 6. The lowest BCUT2D eigenvalue weighted by molar-refractivity contribution is -0.159. The Balaban J connectivity index is 2.61. The largest absolute Gasteiger partial charge is 0.458 e. The molecule has 0 radical (unpaired) electrons. The zero-order chi connectivity index (χ0) is 34.8. The van der Waals surface area contributed by atoms with Crippen LogP contribution in [0.4, 0.5) is 4.79 Å². The number of ether oxygens (including phenoxy) is 2. The van der Waals surface area contributed by atoms with Gasteiger partial charge in [-0.25, -0.2) is 9.59 Å². The Morgan fingerprint density at radius 3 is 1.78 bits per heavy atom. The highest BCUT2D eigenvalue weighted by molar-refractivity contribution is 5.94. The summed E-state index contributed by atoms with van der Waals surface area (Å²) in [5, 5.41) is 5.70. The number of rotatable bonds is 13. The molecule has 46 heavy (non-hydrogen) atoms. The number of esters is 1. The maximum atomic E-state index is 14.4. The third-order valence-electron chi connectivity index (χ3n) is 7.03. The van der Waals surface area contributed by atoms with Crippen molar-refractivity contribution in [1.82, 2.24) is 15.5 Å². The van der Waals surface area contributed by atoms with Crippen LogP contribution in [0.25, 0.3) is 0 Å². The Kier molecular flexibility index (Phi) is 13.8. The van der Waals surface area contributed by atoms with E-state index in [2.05, 4.69) is 10.6 Å². The van der Waals surface area contributed by atoms with Crippen LogP contribution < -0.4 is 10.6 Å². The summed E-state index contributed by atoms with van der Waals surface area (Å²) in [6.45, 7) is 20.2. The van der Waals surface area contributed by atoms with E-state index in [0.717, 1.165) is 17.5 Å². The molecule has 0 fully saturated rings. The molecule has 0 heterocycles. The van der Waals surface area contributed by atoms with Crippen LogP contribution in [0, 0.1) is 5.92 Å². The molecule has 2 aromatic rings. The van der Waals surface area contributed by atoms with Gasteiger partial charge in [-0.05, 0) is 90.8 Å². The molecule has 3 amide bonds. The van der Waals surface area contributed by atoms with Gasteiger partial charge in [-0.1, -0.05) is 75.4 Å². The minimum absolute atomic E-state index is 0.0523. The van der Waals surface area contributed by atoms with E-state index < -0.39 is 59.2 Å². The van der Waals surface area contributed by atoms with Crippen molar-refractivity contribution in [3.63, 3.8) is 0 Å². The molecule has 0 saturated carbocycles. The first-order valence-electron chi connectivity index (χ1n) is 16.3. The summed E-state index contributed by atoms with van der Waals surface area (Å²) in [7, 11) is 0. The Morgan fingerprint density at radius 2 is 1.30 bits per heavy atom. The van der Waals surface area contributed by atoms with Crippen LogP contribution in [-0.4, -0.2) is 58.1 Å². The number of hydrogen-bond donors (Lipinski definition) is 2. The molecule has 0 aliphatic carbocycles. The van der Waals surface area contributed by atoms with Crippen LogP contribution in [0.5, 0.6) is 0 Å². The van der Waals surface area contributed by atoms with E-state index in [-0.39, 0.29) is 12.3 Å². The summed E-state index contributed by atoms with van der Waals surface area (Å²) in [6, 6.07) is 13.4.